The number of ketones is 1. The highest BCUT2D eigenvalue weighted by Crippen LogP contribution is 2.25. The molecule has 2 aromatic carbocycles. The largest absolute Gasteiger partial charge is 0.482 e. The van der Waals surface area contributed by atoms with Crippen molar-refractivity contribution in [3.63, 3.8) is 0 Å². The second-order valence-corrected chi connectivity index (χ2v) is 7.25. The number of nitrogens with zero attached hydrogens (tertiary/aromatic N) is 2. The van der Waals surface area contributed by atoms with E-state index in [1.807, 2.05) is 44.2 Å². The van der Waals surface area contributed by atoms with Crippen molar-refractivity contribution in [1.29, 1.82) is 5.26 Å². The van der Waals surface area contributed by atoms with E-state index in [1.54, 1.807) is 24.3 Å². The number of rotatable bonds is 8. The molecule has 3 rings (SSSR count). The third kappa shape index (κ3) is 5.20. The molecule has 0 saturated carbocycles. The molecule has 0 aliphatic carbocycles. The third-order valence-electron chi connectivity index (χ3n) is 5.16. The summed E-state index contributed by atoms with van der Waals surface area (Å²) in [4.78, 5) is 24.6. The van der Waals surface area contributed by atoms with Gasteiger partial charge in [-0.2, -0.15) is 5.26 Å². The average Bonchev–Trinajstić information content (AvgIpc) is 3.10. The maximum absolute atomic E-state index is 12.7. The van der Waals surface area contributed by atoms with Crippen LogP contribution in [0.1, 0.15) is 45.8 Å². The molecule has 0 aliphatic rings. The van der Waals surface area contributed by atoms with E-state index in [0.717, 1.165) is 17.0 Å². The highest BCUT2D eigenvalue weighted by Gasteiger charge is 2.20. The number of hydrogen-bond acceptors (Lipinski definition) is 5. The predicted octanol–water partition coefficient (Wildman–Crippen LogP) is 4.39. The van der Waals surface area contributed by atoms with Crippen LogP contribution in [0.4, 0.5) is 0 Å². The molecule has 0 unspecified atom stereocenters. The van der Waals surface area contributed by atoms with Crippen LogP contribution in [0, 0.1) is 25.2 Å². The zero-order chi connectivity index (χ0) is 22.4. The Hall–Kier alpha value is -3.85. The molecule has 0 radical (unpaired) electrons. The van der Waals surface area contributed by atoms with Crippen molar-refractivity contribution in [2.75, 3.05) is 13.2 Å². The van der Waals surface area contributed by atoms with E-state index in [-0.39, 0.29) is 25.0 Å². The molecule has 158 valence electrons. The third-order valence-corrected chi connectivity index (χ3v) is 5.16. The number of Topliss-reactive ketones (excluding diaryl/α,β-unsaturated/α-hetero) is 1. The van der Waals surface area contributed by atoms with Crippen LogP contribution in [0.5, 0.6) is 5.75 Å². The van der Waals surface area contributed by atoms with Gasteiger partial charge in [0.1, 0.15) is 5.75 Å². The first kappa shape index (κ1) is 21.8. The Morgan fingerprint density at radius 3 is 2.35 bits per heavy atom. The van der Waals surface area contributed by atoms with Gasteiger partial charge in [0.2, 0.25) is 5.78 Å². The lowest BCUT2D eigenvalue weighted by atomic mass is 10.1. The molecular weight excluding hydrogens is 392 g/mol. The zero-order valence-electron chi connectivity index (χ0n) is 17.8. The van der Waals surface area contributed by atoms with Gasteiger partial charge in [-0.1, -0.05) is 30.3 Å². The normalized spacial score (nSPS) is 11.4. The first-order valence-corrected chi connectivity index (χ1v) is 9.96. The molecule has 3 aromatic rings. The Kier molecular flexibility index (Phi) is 6.88. The van der Waals surface area contributed by atoms with Gasteiger partial charge < -0.3 is 14.0 Å². The number of carbonyl (C=O) groups excluding carboxylic acids is 2. The minimum atomic E-state index is -0.635. The Morgan fingerprint density at radius 1 is 1.03 bits per heavy atom. The summed E-state index contributed by atoms with van der Waals surface area (Å²) in [6.07, 6.45) is 0. The predicted molar refractivity (Wildman–Crippen MR) is 116 cm³/mol. The maximum atomic E-state index is 12.7. The van der Waals surface area contributed by atoms with E-state index in [4.69, 9.17) is 14.7 Å². The van der Waals surface area contributed by atoms with Crippen LogP contribution in [0.25, 0.3) is 0 Å². The molecule has 1 atom stereocenters. The number of esters is 1. The zero-order valence-corrected chi connectivity index (χ0v) is 17.8. The summed E-state index contributed by atoms with van der Waals surface area (Å²) < 4.78 is 12.5. The fourth-order valence-electron chi connectivity index (χ4n) is 3.57. The van der Waals surface area contributed by atoms with Crippen molar-refractivity contribution < 1.29 is 19.1 Å². The molecule has 6 heteroatoms. The molecule has 0 saturated heterocycles. The van der Waals surface area contributed by atoms with E-state index < -0.39 is 5.97 Å². The molecule has 31 heavy (non-hydrogen) atoms. The second kappa shape index (κ2) is 9.77. The Bertz CT molecular complexity index is 1110. The van der Waals surface area contributed by atoms with Crippen molar-refractivity contribution in [2.24, 2.45) is 0 Å². The highest BCUT2D eigenvalue weighted by molar-refractivity contribution is 5.99. The van der Waals surface area contributed by atoms with Crippen molar-refractivity contribution in [3.05, 3.63) is 88.7 Å². The SMILES string of the molecule is Cc1cc(C(=O)COC(=O)COc2ccc(C#N)cc2)c(C)n1[C@@H](C)c1ccccc1. The average molecular weight is 416 g/mol. The molecule has 0 N–H and O–H groups in total. The van der Waals surface area contributed by atoms with Gasteiger partial charge in [-0.3, -0.25) is 4.79 Å². The maximum Gasteiger partial charge on any atom is 0.344 e. The summed E-state index contributed by atoms with van der Waals surface area (Å²) in [6.45, 7) is 5.28. The van der Waals surface area contributed by atoms with Crippen LogP contribution < -0.4 is 4.74 Å². The molecule has 0 bridgehead atoms. The molecule has 0 aliphatic heterocycles. The van der Waals surface area contributed by atoms with Crippen molar-refractivity contribution >= 4 is 11.8 Å². The van der Waals surface area contributed by atoms with Crippen LogP contribution in [-0.2, 0) is 9.53 Å². The minimum absolute atomic E-state index is 0.0751. The number of carbonyl (C=O) groups is 2. The van der Waals surface area contributed by atoms with Gasteiger partial charge in [0.25, 0.3) is 0 Å². The van der Waals surface area contributed by atoms with Gasteiger partial charge in [0.05, 0.1) is 17.7 Å². The first-order chi connectivity index (χ1) is 14.9. The first-order valence-electron chi connectivity index (χ1n) is 9.96. The molecule has 0 fully saturated rings. The summed E-state index contributed by atoms with van der Waals surface area (Å²) in [5.74, 6) is -0.448. The van der Waals surface area contributed by atoms with Crippen LogP contribution >= 0.6 is 0 Å². The van der Waals surface area contributed by atoms with Gasteiger partial charge in [-0.05, 0) is 56.7 Å². The van der Waals surface area contributed by atoms with E-state index in [0.29, 0.717) is 16.9 Å². The molecule has 1 aromatic heterocycles. The van der Waals surface area contributed by atoms with Gasteiger partial charge in [-0.15, -0.1) is 0 Å². The van der Waals surface area contributed by atoms with Crippen molar-refractivity contribution in [2.45, 2.75) is 26.8 Å². The minimum Gasteiger partial charge on any atom is -0.482 e. The lowest BCUT2D eigenvalue weighted by molar-refractivity contribution is -0.144. The summed E-state index contributed by atoms with van der Waals surface area (Å²) in [6, 6.07) is 20.4. The monoisotopic (exact) mass is 416 g/mol. The van der Waals surface area contributed by atoms with Gasteiger partial charge in [0.15, 0.2) is 13.2 Å². The molecule has 0 amide bonds. The Labute approximate surface area is 181 Å². The number of benzene rings is 2. The quantitative estimate of drug-likeness (QED) is 0.402. The van der Waals surface area contributed by atoms with Crippen LogP contribution in [0.2, 0.25) is 0 Å². The topological polar surface area (TPSA) is 81.3 Å². The number of aryl methyl sites for hydroxylation is 1. The van der Waals surface area contributed by atoms with Crippen LogP contribution in [0.3, 0.4) is 0 Å². The van der Waals surface area contributed by atoms with Gasteiger partial charge >= 0.3 is 5.97 Å². The fourth-order valence-corrected chi connectivity index (χ4v) is 3.57. The highest BCUT2D eigenvalue weighted by atomic mass is 16.6. The number of nitriles is 1. The number of aromatic nitrogens is 1. The van der Waals surface area contributed by atoms with E-state index in [9.17, 15) is 9.59 Å². The summed E-state index contributed by atoms with van der Waals surface area (Å²) in [5.41, 5.74) is 3.99. The lowest BCUT2D eigenvalue weighted by Gasteiger charge is -2.19. The molecule has 0 spiro atoms. The Morgan fingerprint density at radius 2 is 1.71 bits per heavy atom. The summed E-state index contributed by atoms with van der Waals surface area (Å²) in [7, 11) is 0. The second-order valence-electron chi connectivity index (χ2n) is 7.25. The fraction of sp³-hybridized carbons (Fsp3) is 0.240. The van der Waals surface area contributed by atoms with Crippen LogP contribution in [-0.4, -0.2) is 29.5 Å². The summed E-state index contributed by atoms with van der Waals surface area (Å²) >= 11 is 0. The van der Waals surface area contributed by atoms with Gasteiger partial charge in [-0.25, -0.2) is 4.79 Å². The van der Waals surface area contributed by atoms with Crippen molar-refractivity contribution in [3.8, 4) is 11.8 Å². The van der Waals surface area contributed by atoms with E-state index >= 15 is 0 Å². The van der Waals surface area contributed by atoms with E-state index in [2.05, 4.69) is 23.6 Å². The van der Waals surface area contributed by atoms with Gasteiger partial charge in [0, 0.05) is 17.0 Å². The molecular formula is C25H24N2O4. The summed E-state index contributed by atoms with van der Waals surface area (Å²) in [5, 5.41) is 8.79. The standard InChI is InChI=1S/C25H24N2O4/c1-17-13-23(19(3)27(17)18(2)21-7-5-4-6-8-21)24(28)15-31-25(29)16-30-22-11-9-20(14-26)10-12-22/h4-13,18H,15-16H2,1-3H3/t18-/m0/s1. The van der Waals surface area contributed by atoms with Crippen molar-refractivity contribution in [1.82, 2.24) is 4.57 Å². The Balaban J connectivity index is 1.59. The van der Waals surface area contributed by atoms with Crippen LogP contribution in [0.15, 0.2) is 60.7 Å². The molecule has 6 nitrogen and oxygen atoms in total. The number of hydrogen-bond donors (Lipinski definition) is 0. The number of ether oxygens (including phenoxy) is 2. The lowest BCUT2D eigenvalue weighted by Crippen LogP contribution is -2.20. The van der Waals surface area contributed by atoms with E-state index in [1.165, 1.54) is 0 Å². The smallest absolute Gasteiger partial charge is 0.344 e. The molecule has 1 heterocycles.